The van der Waals surface area contributed by atoms with E-state index in [-0.39, 0.29) is 11.7 Å². The van der Waals surface area contributed by atoms with Gasteiger partial charge < -0.3 is 4.74 Å². The lowest BCUT2D eigenvalue weighted by atomic mass is 10.3. The van der Waals surface area contributed by atoms with Crippen molar-refractivity contribution in [3.8, 4) is 0 Å². The number of rotatable bonds is 8. The van der Waals surface area contributed by atoms with Crippen LogP contribution < -0.4 is 0 Å². The van der Waals surface area contributed by atoms with Crippen LogP contribution in [0.5, 0.6) is 0 Å². The first-order valence-electron chi connectivity index (χ1n) is 8.49. The number of allylic oxidation sites excluding steroid dienone is 1. The summed E-state index contributed by atoms with van der Waals surface area (Å²) in [6.45, 7) is 2.41. The average Bonchev–Trinajstić information content (AvgIpc) is 3.19. The van der Waals surface area contributed by atoms with Crippen molar-refractivity contribution in [1.82, 2.24) is 14.3 Å². The van der Waals surface area contributed by atoms with Crippen molar-refractivity contribution in [2.45, 2.75) is 37.6 Å². The number of nitrogens with zero attached hydrogens (tertiary/aromatic N) is 3. The first-order chi connectivity index (χ1) is 12.2. The number of imidazole rings is 1. The molecule has 132 valence electrons. The van der Waals surface area contributed by atoms with E-state index in [9.17, 15) is 9.59 Å². The van der Waals surface area contributed by atoms with E-state index in [1.807, 2.05) is 25.3 Å². The molecule has 0 aliphatic carbocycles. The van der Waals surface area contributed by atoms with Gasteiger partial charge in [-0.25, -0.2) is 14.7 Å². The van der Waals surface area contributed by atoms with Crippen LogP contribution >= 0.6 is 11.8 Å². The van der Waals surface area contributed by atoms with Gasteiger partial charge in [-0.2, -0.15) is 0 Å². The van der Waals surface area contributed by atoms with Gasteiger partial charge in [-0.15, -0.1) is 11.8 Å². The van der Waals surface area contributed by atoms with Crippen LogP contribution in [-0.4, -0.2) is 38.6 Å². The van der Waals surface area contributed by atoms with E-state index in [0.29, 0.717) is 6.54 Å². The zero-order valence-corrected chi connectivity index (χ0v) is 15.0. The maximum Gasteiger partial charge on any atom is 0.422 e. The Morgan fingerprint density at radius 1 is 1.28 bits per heavy atom. The number of fused-ring (bicyclic) bond motifs is 1. The van der Waals surface area contributed by atoms with Crippen LogP contribution in [0.1, 0.15) is 32.6 Å². The number of hydrogen-bond acceptors (Lipinski definition) is 5. The number of pyridine rings is 1. The van der Waals surface area contributed by atoms with E-state index in [1.54, 1.807) is 24.0 Å². The van der Waals surface area contributed by atoms with E-state index in [0.717, 1.165) is 42.1 Å². The van der Waals surface area contributed by atoms with Crippen molar-refractivity contribution < 1.29 is 14.3 Å². The van der Waals surface area contributed by atoms with Gasteiger partial charge in [0.2, 0.25) is 0 Å². The number of ether oxygens (including phenoxy) is 1. The lowest BCUT2D eigenvalue weighted by Crippen LogP contribution is -2.29. The van der Waals surface area contributed by atoms with Crippen molar-refractivity contribution in [3.63, 3.8) is 0 Å². The largest absolute Gasteiger partial charge is 0.422 e. The van der Waals surface area contributed by atoms with Crippen LogP contribution in [0, 0.1) is 0 Å². The van der Waals surface area contributed by atoms with Gasteiger partial charge >= 0.3 is 6.09 Å². The molecule has 0 unspecified atom stereocenters. The third kappa shape index (κ3) is 4.04. The van der Waals surface area contributed by atoms with Gasteiger partial charge in [0.1, 0.15) is 5.65 Å². The molecule has 2 amide bonds. The Labute approximate surface area is 150 Å². The highest BCUT2D eigenvalue weighted by molar-refractivity contribution is 7.99. The highest BCUT2D eigenvalue weighted by Crippen LogP contribution is 2.22. The molecule has 0 bridgehead atoms. The molecular weight excluding hydrogens is 338 g/mol. The lowest BCUT2D eigenvalue weighted by Gasteiger charge is -2.10. The molecule has 0 spiro atoms. The Balaban J connectivity index is 1.45. The van der Waals surface area contributed by atoms with Crippen LogP contribution in [0.4, 0.5) is 4.79 Å². The number of thioether (sulfide) groups is 1. The van der Waals surface area contributed by atoms with Gasteiger partial charge in [-0.3, -0.25) is 9.20 Å². The zero-order valence-electron chi connectivity index (χ0n) is 14.2. The average molecular weight is 359 g/mol. The topological polar surface area (TPSA) is 63.9 Å². The fourth-order valence-electron chi connectivity index (χ4n) is 2.59. The minimum atomic E-state index is -0.553. The standard InChI is InChI=1S/C18H21N3O3S/c1-2-3-7-14-17(22)21(18(23)24-14)11-4-5-13-25-16-9-6-8-15-19-10-12-20(15)16/h6-10,12H,2-5,11,13H2,1H3/b14-7+. The first kappa shape index (κ1) is 17.5. The van der Waals surface area contributed by atoms with Gasteiger partial charge in [0.25, 0.3) is 5.91 Å². The summed E-state index contributed by atoms with van der Waals surface area (Å²) in [7, 11) is 0. The summed E-state index contributed by atoms with van der Waals surface area (Å²) < 4.78 is 7.09. The molecule has 7 heteroatoms. The molecule has 3 rings (SSSR count). The SMILES string of the molecule is CCC/C=C1/OC(=O)N(CCCCSc2cccc3nccn23)C1=O. The van der Waals surface area contributed by atoms with E-state index in [4.69, 9.17) is 4.74 Å². The molecule has 2 aromatic rings. The second kappa shape index (κ2) is 8.20. The van der Waals surface area contributed by atoms with Gasteiger partial charge in [0.05, 0.1) is 5.03 Å². The summed E-state index contributed by atoms with van der Waals surface area (Å²) in [4.78, 5) is 29.4. The van der Waals surface area contributed by atoms with Crippen molar-refractivity contribution in [2.75, 3.05) is 12.3 Å². The van der Waals surface area contributed by atoms with Gasteiger partial charge in [-0.05, 0) is 43.2 Å². The van der Waals surface area contributed by atoms with Crippen LogP contribution in [-0.2, 0) is 9.53 Å². The highest BCUT2D eigenvalue weighted by atomic mass is 32.2. The number of imide groups is 1. The Bertz CT molecular complexity index is 800. The number of unbranched alkanes of at least 4 members (excludes halogenated alkanes) is 2. The molecule has 6 nitrogen and oxygen atoms in total. The number of carbonyl (C=O) groups excluding carboxylic acids is 2. The Morgan fingerprint density at radius 3 is 3.00 bits per heavy atom. The summed E-state index contributed by atoms with van der Waals surface area (Å²) in [5.74, 6) is 0.773. The quantitative estimate of drug-likeness (QED) is 0.407. The van der Waals surface area contributed by atoms with Crippen LogP contribution in [0.15, 0.2) is 47.5 Å². The van der Waals surface area contributed by atoms with Crippen molar-refractivity contribution >= 4 is 29.4 Å². The minimum absolute atomic E-state index is 0.174. The predicted molar refractivity (Wildman–Crippen MR) is 96.3 cm³/mol. The fourth-order valence-corrected chi connectivity index (χ4v) is 3.62. The molecule has 1 fully saturated rings. The second-order valence-electron chi connectivity index (χ2n) is 5.76. The molecule has 2 aromatic heterocycles. The number of carbonyl (C=O) groups is 2. The lowest BCUT2D eigenvalue weighted by molar-refractivity contribution is -0.123. The molecule has 25 heavy (non-hydrogen) atoms. The van der Waals surface area contributed by atoms with E-state index in [2.05, 4.69) is 15.5 Å². The molecule has 0 N–H and O–H groups in total. The van der Waals surface area contributed by atoms with E-state index in [1.165, 1.54) is 4.90 Å². The smallest absolute Gasteiger partial charge is 0.404 e. The maximum atomic E-state index is 12.1. The van der Waals surface area contributed by atoms with Crippen molar-refractivity contribution in [1.29, 1.82) is 0 Å². The van der Waals surface area contributed by atoms with Crippen molar-refractivity contribution in [3.05, 3.63) is 42.4 Å². The van der Waals surface area contributed by atoms with Crippen LogP contribution in [0.25, 0.3) is 5.65 Å². The Hall–Kier alpha value is -2.28. The van der Waals surface area contributed by atoms with Gasteiger partial charge in [0, 0.05) is 18.9 Å². The minimum Gasteiger partial charge on any atom is -0.404 e. The Kier molecular flexibility index (Phi) is 5.75. The molecule has 0 atom stereocenters. The zero-order chi connectivity index (χ0) is 17.6. The number of aromatic nitrogens is 2. The summed E-state index contributed by atoms with van der Waals surface area (Å²) in [6, 6.07) is 6.03. The monoisotopic (exact) mass is 359 g/mol. The predicted octanol–water partition coefficient (Wildman–Crippen LogP) is 3.87. The molecular formula is C18H21N3O3S. The molecule has 0 aromatic carbocycles. The van der Waals surface area contributed by atoms with Crippen LogP contribution in [0.3, 0.4) is 0 Å². The second-order valence-corrected chi connectivity index (χ2v) is 6.87. The van der Waals surface area contributed by atoms with Crippen LogP contribution in [0.2, 0.25) is 0 Å². The van der Waals surface area contributed by atoms with Gasteiger partial charge in [-0.1, -0.05) is 19.4 Å². The first-order valence-corrected chi connectivity index (χ1v) is 9.48. The number of amides is 2. The fraction of sp³-hybridized carbons (Fsp3) is 0.389. The molecule has 0 saturated carbocycles. The molecule has 3 heterocycles. The molecule has 0 radical (unpaired) electrons. The summed E-state index contributed by atoms with van der Waals surface area (Å²) in [5.41, 5.74) is 0.932. The normalized spacial score (nSPS) is 16.2. The van der Waals surface area contributed by atoms with Gasteiger partial charge in [0.15, 0.2) is 5.76 Å². The molecule has 1 aliphatic heterocycles. The maximum absolute atomic E-state index is 12.1. The van der Waals surface area contributed by atoms with E-state index < -0.39 is 6.09 Å². The number of cyclic esters (lactones) is 1. The molecule has 1 aliphatic rings. The summed E-state index contributed by atoms with van der Waals surface area (Å²) >= 11 is 1.74. The van der Waals surface area contributed by atoms with E-state index >= 15 is 0 Å². The number of hydrogen-bond donors (Lipinski definition) is 0. The third-order valence-corrected chi connectivity index (χ3v) is 5.03. The summed E-state index contributed by atoms with van der Waals surface area (Å²) in [6.07, 6.45) is 8.18. The third-order valence-electron chi connectivity index (χ3n) is 3.91. The summed E-state index contributed by atoms with van der Waals surface area (Å²) in [5, 5.41) is 1.14. The van der Waals surface area contributed by atoms with Crippen molar-refractivity contribution in [2.24, 2.45) is 0 Å². The Morgan fingerprint density at radius 2 is 2.16 bits per heavy atom. The highest BCUT2D eigenvalue weighted by Gasteiger charge is 2.35. The molecule has 1 saturated heterocycles.